The first-order valence-corrected chi connectivity index (χ1v) is 14.9. The van der Waals surface area contributed by atoms with Crippen LogP contribution in [0.5, 0.6) is 0 Å². The Morgan fingerprint density at radius 2 is 1.98 bits per heavy atom. The monoisotopic (exact) mass is 690 g/mol. The van der Waals surface area contributed by atoms with Crippen molar-refractivity contribution in [3.05, 3.63) is 27.1 Å². The number of nitrogens with one attached hydrogen (secondary N) is 2. The summed E-state index contributed by atoms with van der Waals surface area (Å²) in [5.74, 6) is -4.87. The molecule has 4 rings (SSSR count). The highest BCUT2D eigenvalue weighted by atomic mass is 35.5. The topological polar surface area (TPSA) is 219 Å². The van der Waals surface area contributed by atoms with Gasteiger partial charge in [0, 0.05) is 22.1 Å². The van der Waals surface area contributed by atoms with E-state index in [9.17, 15) is 29.1 Å². The molecule has 2 aliphatic heterocycles. The van der Waals surface area contributed by atoms with E-state index in [0.717, 1.165) is 38.0 Å². The van der Waals surface area contributed by atoms with Gasteiger partial charge in [-0.1, -0.05) is 35.4 Å². The van der Waals surface area contributed by atoms with Gasteiger partial charge in [0.2, 0.25) is 0 Å². The summed E-state index contributed by atoms with van der Waals surface area (Å²) < 4.78 is 5.56. The maximum absolute atomic E-state index is 13.5. The molecule has 2 aromatic rings. The Kier molecular flexibility index (Phi) is 9.12. The zero-order valence-electron chi connectivity index (χ0n) is 22.2. The number of carboxylic acids is 2. The van der Waals surface area contributed by atoms with Gasteiger partial charge in [0.15, 0.2) is 16.5 Å². The number of halogens is 2. The number of carbonyl (C=O) groups excluding carboxylic acids is 3. The first-order chi connectivity index (χ1) is 20.1. The van der Waals surface area contributed by atoms with Crippen LogP contribution >= 0.6 is 58.5 Å². The van der Waals surface area contributed by atoms with Crippen molar-refractivity contribution in [3.8, 4) is 0 Å². The molecule has 2 aromatic heterocycles. The molecule has 16 nitrogen and oxygen atoms in total. The van der Waals surface area contributed by atoms with Gasteiger partial charge in [-0.05, 0) is 31.2 Å². The third-order valence-electron chi connectivity index (χ3n) is 5.69. The van der Waals surface area contributed by atoms with E-state index in [1.165, 1.54) is 5.38 Å². The van der Waals surface area contributed by atoms with Gasteiger partial charge in [-0.3, -0.25) is 24.6 Å². The molecule has 1 saturated heterocycles. The molecule has 43 heavy (non-hydrogen) atoms. The average Bonchev–Trinajstić information content (AvgIpc) is 3.53. The molecular weight excluding hydrogens is 671 g/mol. The summed E-state index contributed by atoms with van der Waals surface area (Å²) in [6, 6.07) is 0. The molecule has 2 atom stereocenters. The SMILES string of the molecule is CC(C)(C)OC(=O)Nc1nc(C(C(=O)NC2(C=S)C(=O)N3C(C(=O)O)=C(c4nnnn4CC(=O)O)CS[C@H]32)=C(Cl)Cl)cs1. The van der Waals surface area contributed by atoms with Gasteiger partial charge in [-0.15, -0.1) is 28.2 Å². The van der Waals surface area contributed by atoms with E-state index in [1.54, 1.807) is 20.8 Å². The maximum atomic E-state index is 13.5. The Labute approximate surface area is 265 Å². The number of tetrazole rings is 1. The molecule has 228 valence electrons. The van der Waals surface area contributed by atoms with Crippen LogP contribution < -0.4 is 10.6 Å². The molecular formula is C22H20Cl2N8O8S3. The number of hydrogen-bond acceptors (Lipinski definition) is 13. The quantitative estimate of drug-likeness (QED) is 0.168. The van der Waals surface area contributed by atoms with Crippen molar-refractivity contribution in [2.75, 3.05) is 11.1 Å². The first-order valence-electron chi connectivity index (χ1n) is 11.8. The number of β-lactam (4-membered cyclic amide) rings is 1. The van der Waals surface area contributed by atoms with E-state index < -0.39 is 63.1 Å². The van der Waals surface area contributed by atoms with Gasteiger partial charge >= 0.3 is 18.0 Å². The maximum Gasteiger partial charge on any atom is 0.413 e. The molecule has 0 spiro atoms. The third kappa shape index (κ3) is 6.35. The fourth-order valence-corrected chi connectivity index (χ4v) is 6.91. The second kappa shape index (κ2) is 12.2. The molecule has 0 radical (unpaired) electrons. The van der Waals surface area contributed by atoms with Crippen LogP contribution in [0.2, 0.25) is 0 Å². The highest BCUT2D eigenvalue weighted by Gasteiger charge is 2.65. The zero-order valence-corrected chi connectivity index (χ0v) is 26.1. The Bertz CT molecular complexity index is 1610. The highest BCUT2D eigenvalue weighted by molar-refractivity contribution is 8.00. The number of ether oxygens (including phenoxy) is 1. The van der Waals surface area contributed by atoms with Gasteiger partial charge in [-0.25, -0.2) is 19.3 Å². The molecule has 4 heterocycles. The van der Waals surface area contributed by atoms with E-state index in [2.05, 4.69) is 31.1 Å². The summed E-state index contributed by atoms with van der Waals surface area (Å²) in [7, 11) is 0. The minimum absolute atomic E-state index is 0.00507. The number of anilines is 1. The molecule has 0 saturated carbocycles. The van der Waals surface area contributed by atoms with Crippen LogP contribution in [0.4, 0.5) is 9.93 Å². The van der Waals surface area contributed by atoms with Crippen LogP contribution in [-0.4, -0.2) is 97.8 Å². The molecule has 0 aliphatic carbocycles. The van der Waals surface area contributed by atoms with Crippen LogP contribution in [0.25, 0.3) is 11.1 Å². The number of rotatable bonds is 9. The number of amides is 3. The second-order valence-corrected chi connectivity index (χ2v) is 12.9. The predicted octanol–water partition coefficient (Wildman–Crippen LogP) is 1.97. The summed E-state index contributed by atoms with van der Waals surface area (Å²) in [5, 5.41) is 36.3. The lowest BCUT2D eigenvalue weighted by Gasteiger charge is -2.55. The summed E-state index contributed by atoms with van der Waals surface area (Å²) >= 11 is 19.2. The van der Waals surface area contributed by atoms with Crippen LogP contribution in [0.1, 0.15) is 32.3 Å². The van der Waals surface area contributed by atoms with Crippen molar-refractivity contribution >= 4 is 110 Å². The molecule has 21 heteroatoms. The average molecular weight is 692 g/mol. The van der Waals surface area contributed by atoms with Gasteiger partial charge in [0.05, 0.1) is 11.3 Å². The number of thiocarbonyl (C=S) groups is 1. The minimum Gasteiger partial charge on any atom is -0.480 e. The van der Waals surface area contributed by atoms with Crippen molar-refractivity contribution in [2.24, 2.45) is 0 Å². The summed E-state index contributed by atoms with van der Waals surface area (Å²) in [6.07, 6.45) is -0.784. The summed E-state index contributed by atoms with van der Waals surface area (Å²) in [5.41, 5.74) is -3.52. The van der Waals surface area contributed by atoms with E-state index in [4.69, 9.17) is 45.3 Å². The third-order valence-corrected chi connectivity index (χ3v) is 8.55. The zero-order chi connectivity index (χ0) is 31.9. The van der Waals surface area contributed by atoms with Crippen molar-refractivity contribution in [1.82, 2.24) is 35.4 Å². The van der Waals surface area contributed by atoms with E-state index >= 15 is 0 Å². The molecule has 2 aliphatic rings. The van der Waals surface area contributed by atoms with Crippen molar-refractivity contribution in [1.29, 1.82) is 0 Å². The predicted molar refractivity (Wildman–Crippen MR) is 158 cm³/mol. The van der Waals surface area contributed by atoms with Gasteiger partial charge in [0.1, 0.15) is 27.7 Å². The van der Waals surface area contributed by atoms with E-state index in [0.29, 0.717) is 0 Å². The largest absolute Gasteiger partial charge is 0.480 e. The smallest absolute Gasteiger partial charge is 0.413 e. The van der Waals surface area contributed by atoms with Crippen LogP contribution in [0.15, 0.2) is 15.6 Å². The Morgan fingerprint density at radius 3 is 2.56 bits per heavy atom. The summed E-state index contributed by atoms with van der Waals surface area (Å²) in [6.45, 7) is 4.38. The fraction of sp³-hybridized carbons (Fsp3) is 0.364. The number of fused-ring (bicyclic) bond motifs is 1. The first kappa shape index (κ1) is 32.3. The standard InChI is InChI=1S/C22H20Cl2N8O8S3/c1-21(2,3)40-20(39)26-19-25-9(6-43-19)11(13(23)24)15(35)27-22(7-41)17(38)32-12(16(36)37)8(5-42-18(22)32)14-28-29-30-31(14)4-10(33)34/h6-7,18H,4-5H2,1-3H3,(H,27,35)(H,33,34)(H,36,37)(H,25,26,39)/t18-,22?/m0/s1. The van der Waals surface area contributed by atoms with Gasteiger partial charge in [-0.2, -0.15) is 0 Å². The molecule has 0 bridgehead atoms. The Morgan fingerprint density at radius 1 is 1.28 bits per heavy atom. The van der Waals surface area contributed by atoms with Crippen LogP contribution in [-0.2, 0) is 30.5 Å². The summed E-state index contributed by atoms with van der Waals surface area (Å²) in [4.78, 5) is 67.7. The normalized spacial score (nSPS) is 19.6. The molecule has 0 aromatic carbocycles. The number of aromatic nitrogens is 5. The van der Waals surface area contributed by atoms with E-state index in [1.807, 2.05) is 0 Å². The van der Waals surface area contributed by atoms with E-state index in [-0.39, 0.29) is 33.5 Å². The van der Waals surface area contributed by atoms with Crippen LogP contribution in [0, 0.1) is 0 Å². The minimum atomic E-state index is -1.86. The van der Waals surface area contributed by atoms with Crippen LogP contribution in [0.3, 0.4) is 0 Å². The number of thiazole rings is 1. The highest BCUT2D eigenvalue weighted by Crippen LogP contribution is 2.47. The Hall–Kier alpha value is -3.65. The number of carboxylic acid groups (broad SMARTS) is 2. The second-order valence-electron chi connectivity index (χ2n) is 9.77. The lowest BCUT2D eigenvalue weighted by Crippen LogP contribution is -2.80. The Balaban J connectivity index is 1.60. The fourth-order valence-electron chi connectivity index (χ4n) is 4.05. The number of nitrogens with zero attached hydrogens (tertiary/aromatic N) is 6. The van der Waals surface area contributed by atoms with Gasteiger partial charge in [0.25, 0.3) is 11.8 Å². The molecule has 4 N–H and O–H groups in total. The number of carbonyl (C=O) groups is 5. The van der Waals surface area contributed by atoms with Crippen molar-refractivity contribution < 1.29 is 38.9 Å². The molecule has 1 fully saturated rings. The number of aliphatic carboxylic acids is 2. The number of hydrogen-bond donors (Lipinski definition) is 4. The number of thioether (sulfide) groups is 1. The lowest BCUT2D eigenvalue weighted by molar-refractivity contribution is -0.153. The van der Waals surface area contributed by atoms with Gasteiger partial charge < -0.3 is 20.3 Å². The molecule has 3 amide bonds. The van der Waals surface area contributed by atoms with Crippen molar-refractivity contribution in [2.45, 2.75) is 43.8 Å². The molecule has 1 unspecified atom stereocenters. The van der Waals surface area contributed by atoms with Crippen molar-refractivity contribution in [3.63, 3.8) is 0 Å². The lowest BCUT2D eigenvalue weighted by atomic mass is 9.87.